The molecule has 4 rings (SSSR count). The van der Waals surface area contributed by atoms with Crippen molar-refractivity contribution in [2.45, 2.75) is 10.6 Å². The lowest BCUT2D eigenvalue weighted by Gasteiger charge is -2.13. The highest BCUT2D eigenvalue weighted by Crippen LogP contribution is 2.39. The summed E-state index contributed by atoms with van der Waals surface area (Å²) in [4.78, 5) is 8.74. The molecule has 142 valence electrons. The zero-order valence-electron chi connectivity index (χ0n) is 14.8. The molecule has 0 saturated carbocycles. The highest BCUT2D eigenvalue weighted by atomic mass is 79.9. The van der Waals surface area contributed by atoms with Gasteiger partial charge >= 0.3 is 0 Å². The number of ether oxygens (including phenoxy) is 1. The average molecular weight is 475 g/mol. The Balaban J connectivity index is 1.85. The zero-order valence-corrected chi connectivity index (χ0v) is 18.0. The van der Waals surface area contributed by atoms with Crippen LogP contribution in [-0.2, 0) is 15.6 Å². The Morgan fingerprint density at radius 2 is 1.96 bits per heavy atom. The zero-order chi connectivity index (χ0) is 19.7. The second-order valence-electron chi connectivity index (χ2n) is 6.05. The van der Waals surface area contributed by atoms with Crippen molar-refractivity contribution >= 4 is 48.0 Å². The van der Waals surface area contributed by atoms with Gasteiger partial charge in [0.1, 0.15) is 16.5 Å². The van der Waals surface area contributed by atoms with E-state index in [1.807, 2.05) is 24.3 Å². The van der Waals surface area contributed by atoms with Crippen molar-refractivity contribution in [3.63, 3.8) is 0 Å². The van der Waals surface area contributed by atoms with Gasteiger partial charge in [-0.1, -0.05) is 24.3 Å². The number of rotatable bonds is 5. The maximum Gasteiger partial charge on any atom is 0.184 e. The van der Waals surface area contributed by atoms with E-state index < -0.39 is 9.84 Å². The number of methoxy groups -OCH3 is 1. The summed E-state index contributed by atoms with van der Waals surface area (Å²) >= 11 is 4.90. The molecule has 2 aromatic carbocycles. The molecule has 0 spiro atoms. The lowest BCUT2D eigenvalue weighted by molar-refractivity contribution is 0.416. The number of hydrogen-bond acceptors (Lipinski definition) is 6. The van der Waals surface area contributed by atoms with E-state index >= 15 is 0 Å². The van der Waals surface area contributed by atoms with Crippen LogP contribution in [0.25, 0.3) is 22.0 Å². The second-order valence-corrected chi connectivity index (χ2v) is 9.87. The van der Waals surface area contributed by atoms with E-state index in [1.165, 1.54) is 11.3 Å². The van der Waals surface area contributed by atoms with Gasteiger partial charge in [0.15, 0.2) is 9.84 Å². The maximum atomic E-state index is 12.8. The summed E-state index contributed by atoms with van der Waals surface area (Å²) in [6.45, 7) is 0. The summed E-state index contributed by atoms with van der Waals surface area (Å²) in [6, 6.07) is 12.7. The van der Waals surface area contributed by atoms with Crippen molar-refractivity contribution in [3.05, 3.63) is 69.7 Å². The fourth-order valence-corrected chi connectivity index (χ4v) is 5.84. The first-order valence-electron chi connectivity index (χ1n) is 8.32. The lowest BCUT2D eigenvalue weighted by atomic mass is 10.0. The molecule has 0 atom stereocenters. The molecule has 2 aromatic heterocycles. The minimum atomic E-state index is -3.50. The Kier molecular flexibility index (Phi) is 5.18. The molecule has 0 bridgehead atoms. The standard InChI is InChI=1S/C20H15BrN2O3S2/c1-26-18-5-3-2-4-15(18)20-14-7-6-13(10-17(14)23-11-16(20)21)28(24,25)12-19-22-8-9-27-19/h2-11H,12H2,1H3. The molecule has 0 unspecified atom stereocenters. The van der Waals surface area contributed by atoms with Gasteiger partial charge in [0.05, 0.1) is 17.5 Å². The topological polar surface area (TPSA) is 69.2 Å². The van der Waals surface area contributed by atoms with Gasteiger partial charge < -0.3 is 4.74 Å². The van der Waals surface area contributed by atoms with Crippen molar-refractivity contribution in [3.8, 4) is 16.9 Å². The molecule has 0 aliphatic carbocycles. The average Bonchev–Trinajstić information content (AvgIpc) is 3.20. The maximum absolute atomic E-state index is 12.8. The van der Waals surface area contributed by atoms with Crippen molar-refractivity contribution < 1.29 is 13.2 Å². The van der Waals surface area contributed by atoms with Gasteiger partial charge in [-0.3, -0.25) is 4.98 Å². The Morgan fingerprint density at radius 1 is 1.14 bits per heavy atom. The minimum Gasteiger partial charge on any atom is -0.496 e. The van der Waals surface area contributed by atoms with E-state index in [0.29, 0.717) is 10.5 Å². The number of benzene rings is 2. The summed E-state index contributed by atoms with van der Waals surface area (Å²) in [5.74, 6) is 0.614. The molecular weight excluding hydrogens is 460 g/mol. The smallest absolute Gasteiger partial charge is 0.184 e. The molecule has 0 radical (unpaired) electrons. The van der Waals surface area contributed by atoms with Gasteiger partial charge in [-0.15, -0.1) is 11.3 Å². The molecule has 0 fully saturated rings. The van der Waals surface area contributed by atoms with E-state index in [2.05, 4.69) is 25.9 Å². The summed E-state index contributed by atoms with van der Waals surface area (Å²) in [6.07, 6.45) is 3.29. The largest absolute Gasteiger partial charge is 0.496 e. The van der Waals surface area contributed by atoms with E-state index in [4.69, 9.17) is 4.74 Å². The van der Waals surface area contributed by atoms with E-state index in [1.54, 1.807) is 43.1 Å². The summed E-state index contributed by atoms with van der Waals surface area (Å²) < 4.78 is 31.9. The number of nitrogens with zero attached hydrogens (tertiary/aromatic N) is 2. The molecule has 0 aliphatic rings. The van der Waals surface area contributed by atoms with Crippen LogP contribution in [0.15, 0.2) is 69.6 Å². The van der Waals surface area contributed by atoms with Crippen molar-refractivity contribution in [1.82, 2.24) is 9.97 Å². The number of fused-ring (bicyclic) bond motifs is 1. The fraction of sp³-hybridized carbons (Fsp3) is 0.100. The predicted molar refractivity (Wildman–Crippen MR) is 114 cm³/mol. The molecular formula is C20H15BrN2O3S2. The molecule has 2 heterocycles. The molecule has 5 nitrogen and oxygen atoms in total. The van der Waals surface area contributed by atoms with Crippen LogP contribution in [0.2, 0.25) is 0 Å². The fourth-order valence-electron chi connectivity index (χ4n) is 3.04. The first-order valence-corrected chi connectivity index (χ1v) is 11.6. The van der Waals surface area contributed by atoms with Gasteiger partial charge in [-0.05, 0) is 34.1 Å². The van der Waals surface area contributed by atoms with Crippen LogP contribution >= 0.6 is 27.3 Å². The van der Waals surface area contributed by atoms with Crippen LogP contribution in [0.1, 0.15) is 5.01 Å². The van der Waals surface area contributed by atoms with Crippen LogP contribution in [0.3, 0.4) is 0 Å². The number of halogens is 1. The van der Waals surface area contributed by atoms with Crippen molar-refractivity contribution in [1.29, 1.82) is 0 Å². The first-order chi connectivity index (χ1) is 13.5. The monoisotopic (exact) mass is 474 g/mol. The Bertz CT molecular complexity index is 1260. The molecule has 28 heavy (non-hydrogen) atoms. The van der Waals surface area contributed by atoms with Crippen LogP contribution in [0.4, 0.5) is 0 Å². The third-order valence-corrected chi connectivity index (χ3v) is 7.52. The van der Waals surface area contributed by atoms with Gasteiger partial charge in [0, 0.05) is 38.8 Å². The minimum absolute atomic E-state index is 0.119. The quantitative estimate of drug-likeness (QED) is 0.402. The van der Waals surface area contributed by atoms with Crippen LogP contribution in [-0.4, -0.2) is 25.5 Å². The molecule has 0 amide bonds. The second kappa shape index (κ2) is 7.62. The Labute approximate surface area is 175 Å². The third-order valence-electron chi connectivity index (χ3n) is 4.33. The number of aromatic nitrogens is 2. The van der Waals surface area contributed by atoms with E-state index in [-0.39, 0.29) is 10.6 Å². The molecule has 8 heteroatoms. The van der Waals surface area contributed by atoms with Crippen molar-refractivity contribution in [2.24, 2.45) is 0 Å². The van der Waals surface area contributed by atoms with Gasteiger partial charge in [0.2, 0.25) is 0 Å². The number of pyridine rings is 1. The van der Waals surface area contributed by atoms with Gasteiger partial charge in [0.25, 0.3) is 0 Å². The van der Waals surface area contributed by atoms with Gasteiger partial charge in [-0.2, -0.15) is 0 Å². The highest BCUT2D eigenvalue weighted by Gasteiger charge is 2.20. The van der Waals surface area contributed by atoms with Crippen LogP contribution < -0.4 is 4.74 Å². The number of para-hydroxylation sites is 1. The molecule has 0 N–H and O–H groups in total. The molecule has 0 aliphatic heterocycles. The molecule has 4 aromatic rings. The summed E-state index contributed by atoms with van der Waals surface area (Å²) in [5.41, 5.74) is 2.42. The SMILES string of the molecule is COc1ccccc1-c1c(Br)cnc2cc(S(=O)(=O)Cc3nccs3)ccc12. The number of hydrogen-bond donors (Lipinski definition) is 0. The van der Waals surface area contributed by atoms with E-state index in [9.17, 15) is 8.42 Å². The Morgan fingerprint density at radius 3 is 2.71 bits per heavy atom. The van der Waals surface area contributed by atoms with E-state index in [0.717, 1.165) is 26.7 Å². The highest BCUT2D eigenvalue weighted by molar-refractivity contribution is 9.10. The van der Waals surface area contributed by atoms with Crippen LogP contribution in [0.5, 0.6) is 5.75 Å². The normalized spacial score (nSPS) is 11.6. The Hall–Kier alpha value is -2.29. The number of sulfone groups is 1. The predicted octanol–water partition coefficient (Wildman–Crippen LogP) is 5.10. The summed E-state index contributed by atoms with van der Waals surface area (Å²) in [5, 5.41) is 3.18. The third kappa shape index (κ3) is 3.55. The van der Waals surface area contributed by atoms with Crippen LogP contribution in [0, 0.1) is 0 Å². The first kappa shape index (κ1) is 19.0. The summed E-state index contributed by atoms with van der Waals surface area (Å²) in [7, 11) is -1.88. The van der Waals surface area contributed by atoms with Gasteiger partial charge in [-0.25, -0.2) is 13.4 Å². The lowest BCUT2D eigenvalue weighted by Crippen LogP contribution is -2.05. The molecule has 0 saturated heterocycles. The van der Waals surface area contributed by atoms with Crippen molar-refractivity contribution in [2.75, 3.05) is 7.11 Å². The number of thiazole rings is 1.